The van der Waals surface area contributed by atoms with Crippen molar-refractivity contribution < 1.29 is 14.6 Å². The number of amides is 1. The summed E-state index contributed by atoms with van der Waals surface area (Å²) in [5, 5.41) is 10.0. The minimum absolute atomic E-state index is 0.187. The molecule has 0 radical (unpaired) electrons. The Morgan fingerprint density at radius 2 is 2.06 bits per heavy atom. The Hall–Kier alpha value is -0.650. The number of methoxy groups -OCH3 is 1. The summed E-state index contributed by atoms with van der Waals surface area (Å²) in [6.07, 6.45) is 3.60. The quantitative estimate of drug-likeness (QED) is 0.757. The van der Waals surface area contributed by atoms with E-state index in [2.05, 4.69) is 4.90 Å². The van der Waals surface area contributed by atoms with Crippen molar-refractivity contribution in [3.05, 3.63) is 0 Å². The van der Waals surface area contributed by atoms with E-state index in [9.17, 15) is 9.90 Å². The highest BCUT2D eigenvalue weighted by Gasteiger charge is 2.25. The Labute approximate surface area is 109 Å². The van der Waals surface area contributed by atoms with Crippen LogP contribution in [0, 0.1) is 0 Å². The molecule has 5 heteroatoms. The fourth-order valence-corrected chi connectivity index (χ4v) is 2.83. The SMILES string of the molecule is COC1CCN(CC(O)CN2CCCC2=O)CC1. The van der Waals surface area contributed by atoms with E-state index in [-0.39, 0.29) is 5.91 Å². The van der Waals surface area contributed by atoms with Gasteiger partial charge in [-0.1, -0.05) is 0 Å². The van der Waals surface area contributed by atoms with E-state index in [0.29, 0.717) is 25.6 Å². The predicted octanol–water partition coefficient (Wildman–Crippen LogP) is 0.0805. The number of aliphatic hydroxyl groups is 1. The number of β-amino-alcohol motifs (C(OH)–C–C–N with tert-alkyl or cyclic N) is 1. The van der Waals surface area contributed by atoms with Crippen LogP contribution >= 0.6 is 0 Å². The Morgan fingerprint density at radius 3 is 2.61 bits per heavy atom. The number of aliphatic hydroxyl groups excluding tert-OH is 1. The molecule has 0 aromatic rings. The zero-order valence-corrected chi connectivity index (χ0v) is 11.2. The fraction of sp³-hybridized carbons (Fsp3) is 0.923. The van der Waals surface area contributed by atoms with Crippen LogP contribution in [0.25, 0.3) is 0 Å². The third-order valence-electron chi connectivity index (χ3n) is 3.94. The summed E-state index contributed by atoms with van der Waals surface area (Å²) >= 11 is 0. The van der Waals surface area contributed by atoms with Crippen LogP contribution in [0.2, 0.25) is 0 Å². The molecule has 0 aromatic heterocycles. The molecule has 0 bridgehead atoms. The number of carbonyl (C=O) groups is 1. The van der Waals surface area contributed by atoms with Crippen molar-refractivity contribution >= 4 is 5.91 Å². The summed E-state index contributed by atoms with van der Waals surface area (Å²) in [6.45, 7) is 3.91. The fourth-order valence-electron chi connectivity index (χ4n) is 2.83. The number of piperidine rings is 1. The second-order valence-electron chi connectivity index (χ2n) is 5.33. The molecule has 18 heavy (non-hydrogen) atoms. The molecular weight excluding hydrogens is 232 g/mol. The predicted molar refractivity (Wildman–Crippen MR) is 68.3 cm³/mol. The number of carbonyl (C=O) groups excluding carboxylic acids is 1. The van der Waals surface area contributed by atoms with Crippen LogP contribution in [0.1, 0.15) is 25.7 Å². The van der Waals surface area contributed by atoms with E-state index in [1.807, 2.05) is 0 Å². The summed E-state index contributed by atoms with van der Waals surface area (Å²) in [6, 6.07) is 0. The summed E-state index contributed by atoms with van der Waals surface area (Å²) in [5.41, 5.74) is 0. The van der Waals surface area contributed by atoms with Gasteiger partial charge in [-0.25, -0.2) is 0 Å². The van der Waals surface area contributed by atoms with Crippen LogP contribution in [-0.2, 0) is 9.53 Å². The number of hydrogen-bond donors (Lipinski definition) is 1. The van der Waals surface area contributed by atoms with Crippen LogP contribution in [0.3, 0.4) is 0 Å². The number of hydrogen-bond acceptors (Lipinski definition) is 4. The average Bonchev–Trinajstić information content (AvgIpc) is 2.76. The molecule has 1 N–H and O–H groups in total. The molecule has 2 aliphatic heterocycles. The van der Waals surface area contributed by atoms with Gasteiger partial charge in [0.25, 0.3) is 0 Å². The molecule has 0 aliphatic carbocycles. The van der Waals surface area contributed by atoms with Gasteiger partial charge in [-0.3, -0.25) is 4.79 Å². The molecule has 2 heterocycles. The maximum Gasteiger partial charge on any atom is 0.222 e. The molecule has 1 unspecified atom stereocenters. The second kappa shape index (κ2) is 6.50. The largest absolute Gasteiger partial charge is 0.390 e. The van der Waals surface area contributed by atoms with Gasteiger partial charge in [0.1, 0.15) is 0 Å². The number of likely N-dealkylation sites (tertiary alicyclic amines) is 2. The van der Waals surface area contributed by atoms with Gasteiger partial charge in [-0.15, -0.1) is 0 Å². The van der Waals surface area contributed by atoms with Crippen molar-refractivity contribution in [3.8, 4) is 0 Å². The Bertz CT molecular complexity index is 277. The van der Waals surface area contributed by atoms with Gasteiger partial charge < -0.3 is 19.6 Å². The minimum Gasteiger partial charge on any atom is -0.390 e. The molecule has 1 atom stereocenters. The average molecular weight is 256 g/mol. The molecule has 104 valence electrons. The Morgan fingerprint density at radius 1 is 1.33 bits per heavy atom. The van der Waals surface area contributed by atoms with Crippen molar-refractivity contribution in [2.45, 2.75) is 37.9 Å². The number of nitrogens with zero attached hydrogens (tertiary/aromatic N) is 2. The van der Waals surface area contributed by atoms with Crippen LogP contribution in [0.4, 0.5) is 0 Å². The molecule has 1 amide bonds. The molecule has 0 spiro atoms. The van der Waals surface area contributed by atoms with E-state index in [1.165, 1.54) is 0 Å². The molecule has 0 saturated carbocycles. The van der Waals surface area contributed by atoms with Gasteiger partial charge in [-0.05, 0) is 19.3 Å². The smallest absolute Gasteiger partial charge is 0.222 e. The van der Waals surface area contributed by atoms with Crippen LogP contribution < -0.4 is 0 Å². The lowest BCUT2D eigenvalue weighted by molar-refractivity contribution is -0.129. The lowest BCUT2D eigenvalue weighted by Gasteiger charge is -2.33. The molecule has 5 nitrogen and oxygen atoms in total. The van der Waals surface area contributed by atoms with E-state index < -0.39 is 6.10 Å². The first-order valence-electron chi connectivity index (χ1n) is 6.90. The lowest BCUT2D eigenvalue weighted by Crippen LogP contribution is -2.44. The highest BCUT2D eigenvalue weighted by Crippen LogP contribution is 2.14. The first-order chi connectivity index (χ1) is 8.69. The standard InChI is InChI=1S/C13H24N2O3/c1-18-12-4-7-14(8-5-12)9-11(16)10-15-6-2-3-13(15)17/h11-12,16H,2-10H2,1H3. The van der Waals surface area contributed by atoms with Gasteiger partial charge in [0, 0.05) is 46.3 Å². The first-order valence-corrected chi connectivity index (χ1v) is 6.90. The number of ether oxygens (including phenoxy) is 1. The monoisotopic (exact) mass is 256 g/mol. The third kappa shape index (κ3) is 3.67. The summed E-state index contributed by atoms with van der Waals surface area (Å²) in [4.78, 5) is 15.5. The van der Waals surface area contributed by atoms with Crippen LogP contribution in [0.15, 0.2) is 0 Å². The zero-order chi connectivity index (χ0) is 13.0. The van der Waals surface area contributed by atoms with E-state index in [0.717, 1.165) is 38.9 Å². The van der Waals surface area contributed by atoms with Crippen LogP contribution in [-0.4, -0.2) is 72.9 Å². The maximum atomic E-state index is 11.5. The highest BCUT2D eigenvalue weighted by atomic mass is 16.5. The summed E-state index contributed by atoms with van der Waals surface area (Å²) in [7, 11) is 1.76. The second-order valence-corrected chi connectivity index (χ2v) is 5.33. The lowest BCUT2D eigenvalue weighted by atomic mass is 10.1. The van der Waals surface area contributed by atoms with Gasteiger partial charge in [-0.2, -0.15) is 0 Å². The Kier molecular flexibility index (Phi) is 4.97. The maximum absolute atomic E-state index is 11.5. The topological polar surface area (TPSA) is 53.0 Å². The van der Waals surface area contributed by atoms with E-state index >= 15 is 0 Å². The van der Waals surface area contributed by atoms with Gasteiger partial charge in [0.15, 0.2) is 0 Å². The summed E-state index contributed by atoms with van der Waals surface area (Å²) < 4.78 is 5.32. The van der Waals surface area contributed by atoms with Crippen LogP contribution in [0.5, 0.6) is 0 Å². The van der Waals surface area contributed by atoms with Crippen molar-refractivity contribution in [1.29, 1.82) is 0 Å². The van der Waals surface area contributed by atoms with Gasteiger partial charge in [0.2, 0.25) is 5.91 Å². The van der Waals surface area contributed by atoms with Crippen molar-refractivity contribution in [2.75, 3.05) is 39.8 Å². The van der Waals surface area contributed by atoms with Crippen molar-refractivity contribution in [1.82, 2.24) is 9.80 Å². The first kappa shape index (κ1) is 13.8. The van der Waals surface area contributed by atoms with Crippen molar-refractivity contribution in [2.24, 2.45) is 0 Å². The molecule has 2 aliphatic rings. The molecule has 2 saturated heterocycles. The number of rotatable bonds is 5. The molecular formula is C13H24N2O3. The molecule has 2 rings (SSSR count). The van der Waals surface area contributed by atoms with Gasteiger partial charge in [0.05, 0.1) is 12.2 Å². The van der Waals surface area contributed by atoms with E-state index in [1.54, 1.807) is 12.0 Å². The molecule has 2 fully saturated rings. The normalized spacial score (nSPS) is 24.8. The zero-order valence-electron chi connectivity index (χ0n) is 11.2. The third-order valence-corrected chi connectivity index (χ3v) is 3.94. The minimum atomic E-state index is -0.425. The Balaban J connectivity index is 1.68. The molecule has 0 aromatic carbocycles. The summed E-state index contributed by atoms with van der Waals surface area (Å²) in [5.74, 6) is 0.187. The van der Waals surface area contributed by atoms with E-state index in [4.69, 9.17) is 4.74 Å². The van der Waals surface area contributed by atoms with Gasteiger partial charge >= 0.3 is 0 Å². The van der Waals surface area contributed by atoms with Crippen molar-refractivity contribution in [3.63, 3.8) is 0 Å². The highest BCUT2D eigenvalue weighted by molar-refractivity contribution is 5.78.